The van der Waals surface area contributed by atoms with E-state index < -0.39 is 17.9 Å². The number of carbonyl (C=O) groups is 2. The number of aliphatic carboxylic acids is 1. The number of amides is 1. The molecule has 0 aliphatic heterocycles. The largest absolute Gasteiger partial charge is 0.492 e. The van der Waals surface area contributed by atoms with Crippen molar-refractivity contribution in [2.75, 3.05) is 6.61 Å². The molecule has 1 saturated carbocycles. The molecule has 0 spiro atoms. The van der Waals surface area contributed by atoms with Crippen molar-refractivity contribution in [3.8, 4) is 5.75 Å². The summed E-state index contributed by atoms with van der Waals surface area (Å²) in [5.41, 5.74) is 0.382. The van der Waals surface area contributed by atoms with E-state index in [9.17, 15) is 9.59 Å². The lowest BCUT2D eigenvalue weighted by atomic mass is 10.1. The van der Waals surface area contributed by atoms with Crippen molar-refractivity contribution < 1.29 is 19.4 Å². The molecule has 1 aliphatic carbocycles. The highest BCUT2D eigenvalue weighted by Gasteiger charge is 2.24. The first-order chi connectivity index (χ1) is 9.61. The Morgan fingerprint density at radius 2 is 2.10 bits per heavy atom. The number of carbonyl (C=O) groups excluding carboxylic acids is 1. The smallest absolute Gasteiger partial charge is 0.326 e. The number of hydrogen-bond acceptors (Lipinski definition) is 3. The van der Waals surface area contributed by atoms with Gasteiger partial charge in [-0.05, 0) is 37.3 Å². The number of nitrogens with one attached hydrogen (secondary N) is 1. The summed E-state index contributed by atoms with van der Waals surface area (Å²) in [4.78, 5) is 23.1. The average Bonchev–Trinajstić information content (AvgIpc) is 3.26. The Kier molecular flexibility index (Phi) is 4.61. The van der Waals surface area contributed by atoms with Crippen molar-refractivity contribution in [1.29, 1.82) is 0 Å². The van der Waals surface area contributed by atoms with Gasteiger partial charge in [-0.2, -0.15) is 0 Å². The van der Waals surface area contributed by atoms with Crippen LogP contribution in [0.3, 0.4) is 0 Å². The van der Waals surface area contributed by atoms with Crippen molar-refractivity contribution in [2.24, 2.45) is 5.92 Å². The number of ether oxygens (including phenoxy) is 1. The maximum Gasteiger partial charge on any atom is 0.326 e. The van der Waals surface area contributed by atoms with E-state index in [2.05, 4.69) is 5.32 Å². The van der Waals surface area contributed by atoms with Crippen LogP contribution < -0.4 is 10.1 Å². The van der Waals surface area contributed by atoms with Crippen molar-refractivity contribution in [2.45, 2.75) is 32.2 Å². The van der Waals surface area contributed by atoms with Crippen LogP contribution in [0.4, 0.5) is 0 Å². The number of carboxylic acid groups (broad SMARTS) is 1. The molecule has 1 aromatic rings. The quantitative estimate of drug-likeness (QED) is 0.800. The second kappa shape index (κ2) is 6.41. The summed E-state index contributed by atoms with van der Waals surface area (Å²) >= 11 is 0. The van der Waals surface area contributed by atoms with E-state index in [-0.39, 0.29) is 0 Å². The lowest BCUT2D eigenvalue weighted by Gasteiger charge is -2.15. The Balaban J connectivity index is 2.05. The zero-order valence-corrected chi connectivity index (χ0v) is 11.5. The molecule has 2 N–H and O–H groups in total. The molecule has 0 aromatic heterocycles. The maximum atomic E-state index is 12.1. The fourth-order valence-electron chi connectivity index (χ4n) is 1.85. The minimum atomic E-state index is -1.03. The van der Waals surface area contributed by atoms with Crippen LogP contribution in [0.5, 0.6) is 5.75 Å². The molecule has 0 heterocycles. The van der Waals surface area contributed by atoms with Gasteiger partial charge in [0.1, 0.15) is 11.8 Å². The minimum absolute atomic E-state index is 0.339. The van der Waals surface area contributed by atoms with Gasteiger partial charge in [0.05, 0.1) is 12.2 Å². The van der Waals surface area contributed by atoms with E-state index in [0.29, 0.717) is 30.3 Å². The van der Waals surface area contributed by atoms with Crippen LogP contribution in [0.15, 0.2) is 24.3 Å². The first-order valence-electron chi connectivity index (χ1n) is 6.87. The summed E-state index contributed by atoms with van der Waals surface area (Å²) in [5.74, 6) is -0.339. The Morgan fingerprint density at radius 3 is 2.70 bits per heavy atom. The van der Waals surface area contributed by atoms with Crippen LogP contribution in [-0.4, -0.2) is 29.6 Å². The number of para-hydroxylation sites is 1. The van der Waals surface area contributed by atoms with Crippen LogP contribution >= 0.6 is 0 Å². The third kappa shape index (κ3) is 3.73. The van der Waals surface area contributed by atoms with Gasteiger partial charge in [0.2, 0.25) is 0 Å². The Morgan fingerprint density at radius 1 is 1.40 bits per heavy atom. The average molecular weight is 277 g/mol. The normalized spacial score (nSPS) is 15.4. The predicted molar refractivity (Wildman–Crippen MR) is 73.8 cm³/mol. The molecule has 1 atom stereocenters. The van der Waals surface area contributed by atoms with Crippen molar-refractivity contribution in [3.05, 3.63) is 29.8 Å². The van der Waals surface area contributed by atoms with Gasteiger partial charge in [-0.1, -0.05) is 19.1 Å². The van der Waals surface area contributed by atoms with Gasteiger partial charge < -0.3 is 15.2 Å². The van der Waals surface area contributed by atoms with E-state index in [0.717, 1.165) is 0 Å². The summed E-state index contributed by atoms with van der Waals surface area (Å²) in [5, 5.41) is 11.5. The summed E-state index contributed by atoms with van der Waals surface area (Å²) in [6.45, 7) is 2.33. The molecular weight excluding hydrogens is 258 g/mol. The van der Waals surface area contributed by atoms with Gasteiger partial charge >= 0.3 is 5.97 Å². The van der Waals surface area contributed by atoms with Crippen LogP contribution in [-0.2, 0) is 4.79 Å². The summed E-state index contributed by atoms with van der Waals surface area (Å²) in [6, 6.07) is 6.04. The molecule has 1 fully saturated rings. The molecule has 1 aromatic carbocycles. The highest BCUT2D eigenvalue weighted by atomic mass is 16.5. The Bertz CT molecular complexity index is 496. The van der Waals surface area contributed by atoms with E-state index in [1.54, 1.807) is 31.2 Å². The highest BCUT2D eigenvalue weighted by Crippen LogP contribution is 2.30. The fraction of sp³-hybridized carbons (Fsp3) is 0.467. The molecule has 5 nitrogen and oxygen atoms in total. The molecule has 0 bridgehead atoms. The standard InChI is InChI=1S/C15H19NO4/c1-2-12(15(18)19)16-14(17)11-5-3-4-6-13(11)20-9-10-7-8-10/h3-6,10,12H,2,7-9H2,1H3,(H,16,17)(H,18,19). The molecule has 5 heteroatoms. The first-order valence-corrected chi connectivity index (χ1v) is 6.87. The SMILES string of the molecule is CCC(NC(=O)c1ccccc1OCC1CC1)C(=O)O. The Labute approximate surface area is 117 Å². The zero-order chi connectivity index (χ0) is 14.5. The number of benzene rings is 1. The highest BCUT2D eigenvalue weighted by molar-refractivity contribution is 5.98. The van der Waals surface area contributed by atoms with Crippen LogP contribution in [0, 0.1) is 5.92 Å². The Hall–Kier alpha value is -2.04. The molecule has 0 radical (unpaired) electrons. The monoisotopic (exact) mass is 277 g/mol. The van der Waals surface area contributed by atoms with Crippen molar-refractivity contribution >= 4 is 11.9 Å². The van der Waals surface area contributed by atoms with Gasteiger partial charge in [-0.25, -0.2) is 4.79 Å². The van der Waals surface area contributed by atoms with Gasteiger partial charge in [-0.3, -0.25) is 4.79 Å². The molecular formula is C15H19NO4. The number of carboxylic acids is 1. The van der Waals surface area contributed by atoms with Gasteiger partial charge in [0.15, 0.2) is 0 Å². The predicted octanol–water partition coefficient (Wildman–Crippen LogP) is 2.07. The minimum Gasteiger partial charge on any atom is -0.492 e. The molecule has 2 rings (SSSR count). The van der Waals surface area contributed by atoms with E-state index in [4.69, 9.17) is 9.84 Å². The lowest BCUT2D eigenvalue weighted by molar-refractivity contribution is -0.139. The molecule has 108 valence electrons. The fourth-order valence-corrected chi connectivity index (χ4v) is 1.85. The number of rotatable bonds is 7. The first kappa shape index (κ1) is 14.4. The maximum absolute atomic E-state index is 12.1. The summed E-state index contributed by atoms with van der Waals surface area (Å²) in [7, 11) is 0. The van der Waals surface area contributed by atoms with Gasteiger partial charge in [-0.15, -0.1) is 0 Å². The number of hydrogen-bond donors (Lipinski definition) is 2. The molecule has 1 aliphatic rings. The summed E-state index contributed by atoms with van der Waals surface area (Å²) < 4.78 is 5.65. The van der Waals surface area contributed by atoms with Gasteiger partial charge in [0, 0.05) is 0 Å². The molecule has 20 heavy (non-hydrogen) atoms. The molecule has 1 unspecified atom stereocenters. The van der Waals surface area contributed by atoms with Crippen molar-refractivity contribution in [3.63, 3.8) is 0 Å². The van der Waals surface area contributed by atoms with E-state index in [1.807, 2.05) is 0 Å². The van der Waals surface area contributed by atoms with Crippen LogP contribution in [0.25, 0.3) is 0 Å². The zero-order valence-electron chi connectivity index (χ0n) is 11.5. The third-order valence-electron chi connectivity index (χ3n) is 3.31. The van der Waals surface area contributed by atoms with E-state index >= 15 is 0 Å². The van der Waals surface area contributed by atoms with Crippen LogP contribution in [0.1, 0.15) is 36.5 Å². The second-order valence-electron chi connectivity index (χ2n) is 5.02. The van der Waals surface area contributed by atoms with Gasteiger partial charge in [0.25, 0.3) is 5.91 Å². The topological polar surface area (TPSA) is 75.6 Å². The lowest BCUT2D eigenvalue weighted by Crippen LogP contribution is -2.40. The third-order valence-corrected chi connectivity index (χ3v) is 3.31. The van der Waals surface area contributed by atoms with Crippen molar-refractivity contribution in [1.82, 2.24) is 5.32 Å². The molecule has 1 amide bonds. The van der Waals surface area contributed by atoms with E-state index in [1.165, 1.54) is 12.8 Å². The summed E-state index contributed by atoms with van der Waals surface area (Å²) in [6.07, 6.45) is 2.68. The second-order valence-corrected chi connectivity index (χ2v) is 5.02. The molecule has 0 saturated heterocycles. The van der Waals surface area contributed by atoms with Crippen LogP contribution in [0.2, 0.25) is 0 Å².